The van der Waals surface area contributed by atoms with E-state index in [0.717, 1.165) is 27.4 Å². The Bertz CT molecular complexity index is 707. The maximum absolute atomic E-state index is 5.78. The molecule has 19 heavy (non-hydrogen) atoms. The van der Waals surface area contributed by atoms with Crippen molar-refractivity contribution in [2.75, 3.05) is 5.73 Å². The number of fused-ring (bicyclic) bond motifs is 1. The molecular formula is C15H13N3S. The van der Waals surface area contributed by atoms with Gasteiger partial charge in [0.1, 0.15) is 11.4 Å². The predicted molar refractivity (Wildman–Crippen MR) is 80.0 cm³/mol. The minimum absolute atomic E-state index is 0.797. The van der Waals surface area contributed by atoms with Crippen LogP contribution in [0.5, 0.6) is 0 Å². The first-order chi connectivity index (χ1) is 9.33. The molecule has 0 atom stereocenters. The van der Waals surface area contributed by atoms with E-state index in [1.165, 1.54) is 5.56 Å². The summed E-state index contributed by atoms with van der Waals surface area (Å²) in [7, 11) is 0. The fourth-order valence-electron chi connectivity index (χ4n) is 1.93. The minimum atomic E-state index is 0.797. The topological polar surface area (TPSA) is 51.8 Å². The van der Waals surface area contributed by atoms with E-state index in [9.17, 15) is 0 Å². The van der Waals surface area contributed by atoms with Crippen molar-refractivity contribution < 1.29 is 0 Å². The van der Waals surface area contributed by atoms with Crippen LogP contribution in [0.4, 0.5) is 5.69 Å². The molecule has 0 aliphatic heterocycles. The van der Waals surface area contributed by atoms with Crippen LogP contribution >= 0.6 is 11.8 Å². The highest BCUT2D eigenvalue weighted by Crippen LogP contribution is 2.27. The van der Waals surface area contributed by atoms with Crippen LogP contribution in [0.3, 0.4) is 0 Å². The first-order valence-corrected chi connectivity index (χ1v) is 6.98. The Hall–Kier alpha value is -2.07. The van der Waals surface area contributed by atoms with E-state index in [1.807, 2.05) is 36.4 Å². The second kappa shape index (κ2) is 5.28. The number of thioether (sulfide) groups is 1. The lowest BCUT2D eigenvalue weighted by atomic mass is 10.2. The molecule has 94 valence electrons. The first-order valence-electron chi connectivity index (χ1n) is 6.00. The quantitative estimate of drug-likeness (QED) is 0.448. The van der Waals surface area contributed by atoms with Crippen molar-refractivity contribution in [3.8, 4) is 0 Å². The van der Waals surface area contributed by atoms with Crippen molar-refractivity contribution >= 4 is 28.4 Å². The van der Waals surface area contributed by atoms with Crippen LogP contribution in [0.15, 0.2) is 59.9 Å². The third-order valence-electron chi connectivity index (χ3n) is 2.83. The van der Waals surface area contributed by atoms with E-state index in [4.69, 9.17) is 5.73 Å². The SMILES string of the molecule is Nc1cccc(CSc2ncnc3ccccc23)c1. The summed E-state index contributed by atoms with van der Waals surface area (Å²) in [6.07, 6.45) is 1.62. The number of anilines is 1. The average Bonchev–Trinajstić information content (AvgIpc) is 2.45. The molecule has 0 amide bonds. The van der Waals surface area contributed by atoms with Gasteiger partial charge in [0.25, 0.3) is 0 Å². The molecule has 3 rings (SSSR count). The van der Waals surface area contributed by atoms with Crippen molar-refractivity contribution in [2.45, 2.75) is 10.8 Å². The average molecular weight is 267 g/mol. The summed E-state index contributed by atoms with van der Waals surface area (Å²) < 4.78 is 0. The van der Waals surface area contributed by atoms with Crippen LogP contribution in [0.1, 0.15) is 5.56 Å². The molecule has 0 aliphatic carbocycles. The van der Waals surface area contributed by atoms with Crippen molar-refractivity contribution in [1.29, 1.82) is 0 Å². The van der Waals surface area contributed by atoms with E-state index in [1.54, 1.807) is 18.1 Å². The van der Waals surface area contributed by atoms with E-state index in [-0.39, 0.29) is 0 Å². The molecule has 0 saturated carbocycles. The number of nitrogens with zero attached hydrogens (tertiary/aromatic N) is 2. The highest BCUT2D eigenvalue weighted by Gasteiger charge is 2.04. The molecule has 0 bridgehead atoms. The van der Waals surface area contributed by atoms with Crippen LogP contribution in [-0.2, 0) is 5.75 Å². The minimum Gasteiger partial charge on any atom is -0.399 e. The molecule has 1 aromatic heterocycles. The van der Waals surface area contributed by atoms with Gasteiger partial charge in [-0.05, 0) is 23.8 Å². The van der Waals surface area contributed by atoms with Gasteiger partial charge in [-0.25, -0.2) is 9.97 Å². The fraction of sp³-hybridized carbons (Fsp3) is 0.0667. The number of hydrogen-bond donors (Lipinski definition) is 1. The number of hydrogen-bond acceptors (Lipinski definition) is 4. The Morgan fingerprint density at radius 1 is 1.00 bits per heavy atom. The van der Waals surface area contributed by atoms with Gasteiger partial charge < -0.3 is 5.73 Å². The number of nitrogens with two attached hydrogens (primary N) is 1. The number of nitrogen functional groups attached to an aromatic ring is 1. The molecule has 0 aliphatic rings. The van der Waals surface area contributed by atoms with E-state index in [0.29, 0.717) is 0 Å². The lowest BCUT2D eigenvalue weighted by molar-refractivity contribution is 1.10. The Labute approximate surface area is 115 Å². The van der Waals surface area contributed by atoms with Crippen LogP contribution in [0.25, 0.3) is 10.9 Å². The lowest BCUT2D eigenvalue weighted by Gasteiger charge is -2.05. The van der Waals surface area contributed by atoms with Gasteiger partial charge in [-0.2, -0.15) is 0 Å². The molecule has 0 fully saturated rings. The lowest BCUT2D eigenvalue weighted by Crippen LogP contribution is -1.89. The summed E-state index contributed by atoms with van der Waals surface area (Å²) >= 11 is 1.71. The molecular weight excluding hydrogens is 254 g/mol. The van der Waals surface area contributed by atoms with Gasteiger partial charge in [0, 0.05) is 16.8 Å². The van der Waals surface area contributed by atoms with Crippen molar-refractivity contribution in [3.05, 3.63) is 60.4 Å². The number of benzene rings is 2. The zero-order chi connectivity index (χ0) is 13.1. The standard InChI is InChI=1S/C15H13N3S/c16-12-5-3-4-11(8-12)9-19-15-13-6-1-2-7-14(13)17-10-18-15/h1-8,10H,9,16H2. The predicted octanol–water partition coefficient (Wildman–Crippen LogP) is 3.50. The van der Waals surface area contributed by atoms with Crippen LogP contribution in [0.2, 0.25) is 0 Å². The summed E-state index contributed by atoms with van der Waals surface area (Å²) in [5.74, 6) is 0.853. The molecule has 0 spiro atoms. The van der Waals surface area contributed by atoms with E-state index >= 15 is 0 Å². The maximum Gasteiger partial charge on any atom is 0.117 e. The van der Waals surface area contributed by atoms with Gasteiger partial charge in [-0.15, -0.1) is 11.8 Å². The van der Waals surface area contributed by atoms with Crippen molar-refractivity contribution in [1.82, 2.24) is 9.97 Å². The zero-order valence-corrected chi connectivity index (χ0v) is 11.1. The smallest absolute Gasteiger partial charge is 0.117 e. The molecule has 0 radical (unpaired) electrons. The Balaban J connectivity index is 1.86. The normalized spacial score (nSPS) is 10.7. The second-order valence-corrected chi connectivity index (χ2v) is 5.19. The fourth-order valence-corrected chi connectivity index (χ4v) is 2.86. The van der Waals surface area contributed by atoms with Gasteiger partial charge in [0.15, 0.2) is 0 Å². The van der Waals surface area contributed by atoms with E-state index in [2.05, 4.69) is 22.1 Å². The van der Waals surface area contributed by atoms with Gasteiger partial charge in [-0.3, -0.25) is 0 Å². The summed E-state index contributed by atoms with van der Waals surface area (Å²) in [4.78, 5) is 8.63. The molecule has 0 saturated heterocycles. The highest BCUT2D eigenvalue weighted by molar-refractivity contribution is 7.98. The van der Waals surface area contributed by atoms with Gasteiger partial charge >= 0.3 is 0 Å². The Kier molecular flexibility index (Phi) is 3.33. The van der Waals surface area contributed by atoms with Gasteiger partial charge in [0.05, 0.1) is 5.52 Å². The first kappa shape index (κ1) is 12.0. The molecule has 3 aromatic rings. The third-order valence-corrected chi connectivity index (χ3v) is 3.91. The maximum atomic E-state index is 5.78. The van der Waals surface area contributed by atoms with Crippen LogP contribution in [0, 0.1) is 0 Å². The molecule has 1 heterocycles. The van der Waals surface area contributed by atoms with Crippen molar-refractivity contribution in [2.24, 2.45) is 0 Å². The largest absolute Gasteiger partial charge is 0.399 e. The summed E-state index contributed by atoms with van der Waals surface area (Å²) in [6, 6.07) is 16.0. The summed E-state index contributed by atoms with van der Waals surface area (Å²) in [5.41, 5.74) is 8.76. The molecule has 2 aromatic carbocycles. The number of rotatable bonds is 3. The zero-order valence-electron chi connectivity index (χ0n) is 10.3. The van der Waals surface area contributed by atoms with Gasteiger partial charge in [-0.1, -0.05) is 30.3 Å². The Morgan fingerprint density at radius 2 is 1.89 bits per heavy atom. The monoisotopic (exact) mass is 267 g/mol. The highest BCUT2D eigenvalue weighted by atomic mass is 32.2. The van der Waals surface area contributed by atoms with Crippen LogP contribution < -0.4 is 5.73 Å². The molecule has 2 N–H and O–H groups in total. The van der Waals surface area contributed by atoms with Crippen molar-refractivity contribution in [3.63, 3.8) is 0 Å². The third kappa shape index (κ3) is 2.69. The summed E-state index contributed by atoms with van der Waals surface area (Å²) in [5, 5.41) is 2.10. The van der Waals surface area contributed by atoms with Gasteiger partial charge in [0.2, 0.25) is 0 Å². The molecule has 4 heteroatoms. The second-order valence-electron chi connectivity index (χ2n) is 4.23. The molecule has 0 unspecified atom stereocenters. The number of aromatic nitrogens is 2. The number of para-hydroxylation sites is 1. The summed E-state index contributed by atoms with van der Waals surface area (Å²) in [6.45, 7) is 0. The van der Waals surface area contributed by atoms with E-state index < -0.39 is 0 Å². The molecule has 3 nitrogen and oxygen atoms in total. The van der Waals surface area contributed by atoms with Crippen LogP contribution in [-0.4, -0.2) is 9.97 Å². The Morgan fingerprint density at radius 3 is 2.79 bits per heavy atom.